The molecule has 0 radical (unpaired) electrons. The monoisotopic (exact) mass is 366 g/mol. The number of aromatic nitrogens is 1. The van der Waals surface area contributed by atoms with Gasteiger partial charge in [-0.15, -0.1) is 11.3 Å². The second-order valence-electron chi connectivity index (χ2n) is 6.72. The van der Waals surface area contributed by atoms with E-state index in [1.165, 1.54) is 50.4 Å². The molecule has 6 nitrogen and oxygen atoms in total. The molecule has 1 fully saturated rings. The van der Waals surface area contributed by atoms with Crippen LogP contribution < -0.4 is 10.6 Å². The summed E-state index contributed by atoms with van der Waals surface area (Å²) in [5.74, 6) is 0.896. The summed E-state index contributed by atoms with van der Waals surface area (Å²) < 4.78 is 0. The van der Waals surface area contributed by atoms with Crippen LogP contribution in [0.15, 0.2) is 4.99 Å². The minimum Gasteiger partial charge on any atom is -0.357 e. The quantitative estimate of drug-likeness (QED) is 0.418. The van der Waals surface area contributed by atoms with Crippen LogP contribution in [0.4, 0.5) is 0 Å². The maximum absolute atomic E-state index is 4.66. The number of thiazole rings is 1. The average Bonchev–Trinajstić information content (AvgIpc) is 2.92. The zero-order valence-corrected chi connectivity index (χ0v) is 17.1. The molecular weight excluding hydrogens is 332 g/mol. The van der Waals surface area contributed by atoms with E-state index < -0.39 is 0 Å². The smallest absolute Gasteiger partial charge is 0.191 e. The van der Waals surface area contributed by atoms with Gasteiger partial charge in [0.25, 0.3) is 0 Å². The van der Waals surface area contributed by atoms with Gasteiger partial charge in [-0.2, -0.15) is 0 Å². The molecule has 1 aromatic rings. The molecule has 1 aliphatic rings. The molecule has 0 aromatic carbocycles. The minimum atomic E-state index is 0.649. The van der Waals surface area contributed by atoms with Crippen molar-refractivity contribution in [3.8, 4) is 0 Å². The molecule has 0 spiro atoms. The van der Waals surface area contributed by atoms with Crippen LogP contribution >= 0.6 is 11.3 Å². The second kappa shape index (κ2) is 10.7. The van der Waals surface area contributed by atoms with Gasteiger partial charge < -0.3 is 20.4 Å². The predicted octanol–water partition coefficient (Wildman–Crippen LogP) is 1.84. The second-order valence-corrected chi connectivity index (χ2v) is 8.01. The molecule has 0 aliphatic carbocycles. The van der Waals surface area contributed by atoms with E-state index in [1.54, 1.807) is 11.3 Å². The first-order valence-corrected chi connectivity index (χ1v) is 10.3. The van der Waals surface area contributed by atoms with Crippen molar-refractivity contribution in [2.45, 2.75) is 40.2 Å². The van der Waals surface area contributed by atoms with Crippen molar-refractivity contribution in [2.24, 2.45) is 4.99 Å². The van der Waals surface area contributed by atoms with Gasteiger partial charge in [0.2, 0.25) is 0 Å². The van der Waals surface area contributed by atoms with E-state index in [1.807, 2.05) is 0 Å². The first-order chi connectivity index (χ1) is 12.1. The lowest BCUT2D eigenvalue weighted by Crippen LogP contribution is -2.44. The van der Waals surface area contributed by atoms with Crippen LogP contribution in [0.1, 0.15) is 35.3 Å². The van der Waals surface area contributed by atoms with Gasteiger partial charge in [-0.3, -0.25) is 0 Å². The number of hydrogen-bond donors (Lipinski definition) is 2. The molecule has 0 saturated carbocycles. The van der Waals surface area contributed by atoms with Crippen molar-refractivity contribution in [2.75, 3.05) is 52.9 Å². The molecule has 0 amide bonds. The van der Waals surface area contributed by atoms with E-state index in [4.69, 9.17) is 0 Å². The molecule has 142 valence electrons. The molecule has 1 saturated heterocycles. The Kier molecular flexibility index (Phi) is 8.64. The number of hydrogen-bond acceptors (Lipinski definition) is 5. The standard InChI is InChI=1S/C18H34N6S/c1-5-19-18(21-14-17-22-15(2)16(3)25-17)20-8-6-7-9-24-12-10-23(4)11-13-24/h5-14H2,1-4H3,(H2,19,20,21). The van der Waals surface area contributed by atoms with E-state index in [-0.39, 0.29) is 0 Å². The SMILES string of the molecule is CCNC(=NCc1nc(C)c(C)s1)NCCCCN1CCN(C)CC1. The van der Waals surface area contributed by atoms with Crippen molar-refractivity contribution >= 4 is 17.3 Å². The van der Waals surface area contributed by atoms with Gasteiger partial charge >= 0.3 is 0 Å². The third-order valence-electron chi connectivity index (χ3n) is 4.58. The molecule has 2 N–H and O–H groups in total. The van der Waals surface area contributed by atoms with E-state index in [0.717, 1.165) is 29.8 Å². The van der Waals surface area contributed by atoms with Crippen molar-refractivity contribution in [1.29, 1.82) is 0 Å². The van der Waals surface area contributed by atoms with Crippen molar-refractivity contribution in [3.05, 3.63) is 15.6 Å². The van der Waals surface area contributed by atoms with E-state index in [0.29, 0.717) is 6.54 Å². The van der Waals surface area contributed by atoms with Gasteiger partial charge in [0.15, 0.2) is 5.96 Å². The number of nitrogens with zero attached hydrogens (tertiary/aromatic N) is 4. The van der Waals surface area contributed by atoms with E-state index in [2.05, 4.69) is 58.2 Å². The topological polar surface area (TPSA) is 55.8 Å². The first-order valence-electron chi connectivity index (χ1n) is 9.44. The third-order valence-corrected chi connectivity index (χ3v) is 5.64. The molecule has 25 heavy (non-hydrogen) atoms. The summed E-state index contributed by atoms with van der Waals surface area (Å²) in [6.45, 7) is 14.8. The molecule has 0 atom stereocenters. The fourth-order valence-corrected chi connectivity index (χ4v) is 3.69. The van der Waals surface area contributed by atoms with E-state index >= 15 is 0 Å². The molecule has 2 heterocycles. The summed E-state index contributed by atoms with van der Waals surface area (Å²) in [6.07, 6.45) is 2.41. The normalized spacial score (nSPS) is 17.0. The Bertz CT molecular complexity index is 514. The van der Waals surface area contributed by atoms with Gasteiger partial charge in [-0.1, -0.05) is 0 Å². The number of piperazine rings is 1. The highest BCUT2D eigenvalue weighted by atomic mass is 32.1. The van der Waals surface area contributed by atoms with Crippen LogP contribution in [0.3, 0.4) is 0 Å². The minimum absolute atomic E-state index is 0.649. The zero-order chi connectivity index (χ0) is 18.1. The van der Waals surface area contributed by atoms with Crippen molar-refractivity contribution in [1.82, 2.24) is 25.4 Å². The average molecular weight is 367 g/mol. The molecular formula is C18H34N6S. The van der Waals surface area contributed by atoms with Gasteiger partial charge in [0, 0.05) is 44.1 Å². The van der Waals surface area contributed by atoms with Crippen molar-refractivity contribution < 1.29 is 0 Å². The van der Waals surface area contributed by atoms with Crippen LogP contribution in [0.2, 0.25) is 0 Å². The third kappa shape index (κ3) is 7.30. The molecule has 7 heteroatoms. The number of rotatable bonds is 8. The fourth-order valence-electron chi connectivity index (χ4n) is 2.83. The highest BCUT2D eigenvalue weighted by Crippen LogP contribution is 2.16. The highest BCUT2D eigenvalue weighted by Gasteiger charge is 2.12. The van der Waals surface area contributed by atoms with Gasteiger partial charge in [-0.25, -0.2) is 9.98 Å². The van der Waals surface area contributed by atoms with Gasteiger partial charge in [-0.05, 0) is 47.2 Å². The Hall–Kier alpha value is -1.18. The molecule has 0 unspecified atom stereocenters. The number of aryl methyl sites for hydroxylation is 2. The van der Waals surface area contributed by atoms with Crippen LogP contribution in [0.5, 0.6) is 0 Å². The first kappa shape index (κ1) is 20.1. The van der Waals surface area contributed by atoms with Gasteiger partial charge in [0.05, 0.1) is 12.2 Å². The molecule has 2 rings (SSSR count). The Labute approximate surface area is 156 Å². The summed E-state index contributed by atoms with van der Waals surface area (Å²) in [6, 6.07) is 0. The van der Waals surface area contributed by atoms with Gasteiger partial charge in [0.1, 0.15) is 5.01 Å². The van der Waals surface area contributed by atoms with Crippen LogP contribution in [-0.2, 0) is 6.54 Å². The summed E-state index contributed by atoms with van der Waals surface area (Å²) in [7, 11) is 2.21. The maximum Gasteiger partial charge on any atom is 0.191 e. The fraction of sp³-hybridized carbons (Fsp3) is 0.778. The number of aliphatic imine (C=N–C) groups is 1. The largest absolute Gasteiger partial charge is 0.357 e. The summed E-state index contributed by atoms with van der Waals surface area (Å²) in [5.41, 5.74) is 1.12. The highest BCUT2D eigenvalue weighted by molar-refractivity contribution is 7.11. The number of likely N-dealkylation sites (N-methyl/N-ethyl adjacent to an activating group) is 1. The summed E-state index contributed by atoms with van der Waals surface area (Å²) in [5, 5.41) is 7.85. The number of unbranched alkanes of at least 4 members (excludes halogenated alkanes) is 1. The lowest BCUT2D eigenvalue weighted by molar-refractivity contribution is 0.152. The molecule has 0 bridgehead atoms. The van der Waals surface area contributed by atoms with Crippen LogP contribution in [0, 0.1) is 13.8 Å². The Morgan fingerprint density at radius 2 is 1.92 bits per heavy atom. The predicted molar refractivity (Wildman–Crippen MR) is 108 cm³/mol. The van der Waals surface area contributed by atoms with Crippen molar-refractivity contribution in [3.63, 3.8) is 0 Å². The van der Waals surface area contributed by atoms with Crippen LogP contribution in [-0.4, -0.2) is 73.6 Å². The maximum atomic E-state index is 4.66. The number of guanidine groups is 1. The Balaban J connectivity index is 1.65. The Morgan fingerprint density at radius 1 is 1.16 bits per heavy atom. The molecule has 1 aromatic heterocycles. The lowest BCUT2D eigenvalue weighted by Gasteiger charge is -2.32. The zero-order valence-electron chi connectivity index (χ0n) is 16.3. The molecule has 1 aliphatic heterocycles. The van der Waals surface area contributed by atoms with Crippen LogP contribution in [0.25, 0.3) is 0 Å². The number of nitrogens with one attached hydrogen (secondary N) is 2. The van der Waals surface area contributed by atoms with E-state index in [9.17, 15) is 0 Å². The Morgan fingerprint density at radius 3 is 2.56 bits per heavy atom. The lowest BCUT2D eigenvalue weighted by atomic mass is 10.2. The summed E-state index contributed by atoms with van der Waals surface area (Å²) >= 11 is 1.74. The summed E-state index contributed by atoms with van der Waals surface area (Å²) in [4.78, 5) is 15.5.